The number of halogens is 2. The van der Waals surface area contributed by atoms with Crippen LogP contribution in [-0.4, -0.2) is 53.5 Å². The Hall–Kier alpha value is -1.12. The van der Waals surface area contributed by atoms with E-state index in [1.54, 1.807) is 11.8 Å². The zero-order valence-corrected chi connectivity index (χ0v) is 19.3. The fraction of sp³-hybridized carbons (Fsp3) is 0.286. The SMILES string of the molecule is Brc1ccc(-c2nc(SCCN3CCOCC3)[nH]c2-c2ccc(Br)cc2)cc1. The van der Waals surface area contributed by atoms with E-state index in [1.807, 2.05) is 0 Å². The summed E-state index contributed by atoms with van der Waals surface area (Å²) >= 11 is 8.81. The average Bonchev–Trinajstić information content (AvgIpc) is 3.14. The quantitative estimate of drug-likeness (QED) is 0.422. The number of aromatic nitrogens is 2. The highest BCUT2D eigenvalue weighted by Gasteiger charge is 2.16. The van der Waals surface area contributed by atoms with E-state index in [1.165, 1.54) is 0 Å². The first kappa shape index (κ1) is 20.2. The number of hydrogen-bond acceptors (Lipinski definition) is 4. The summed E-state index contributed by atoms with van der Waals surface area (Å²) in [4.78, 5) is 10.9. The molecule has 0 atom stereocenters. The second kappa shape index (κ2) is 9.59. The molecule has 0 radical (unpaired) electrons. The number of benzene rings is 2. The molecule has 0 aliphatic carbocycles. The highest BCUT2D eigenvalue weighted by atomic mass is 79.9. The number of nitrogens with one attached hydrogen (secondary N) is 1. The number of aromatic amines is 1. The lowest BCUT2D eigenvalue weighted by Gasteiger charge is -2.26. The Kier molecular flexibility index (Phi) is 6.90. The van der Waals surface area contributed by atoms with Crippen molar-refractivity contribution in [3.05, 3.63) is 57.5 Å². The molecular formula is C21H21Br2N3OS. The van der Waals surface area contributed by atoms with E-state index < -0.39 is 0 Å². The Bertz CT molecular complexity index is 843. The summed E-state index contributed by atoms with van der Waals surface area (Å²) in [5, 5.41) is 0.962. The molecule has 0 unspecified atom stereocenters. The first-order chi connectivity index (χ1) is 13.7. The second-order valence-corrected chi connectivity index (χ2v) is 9.50. The Morgan fingerprint density at radius 1 is 0.929 bits per heavy atom. The fourth-order valence-electron chi connectivity index (χ4n) is 3.16. The van der Waals surface area contributed by atoms with Crippen LogP contribution in [0.15, 0.2) is 62.6 Å². The molecule has 146 valence electrons. The molecule has 0 spiro atoms. The number of thioether (sulfide) groups is 1. The van der Waals surface area contributed by atoms with Crippen LogP contribution in [-0.2, 0) is 4.74 Å². The molecule has 7 heteroatoms. The molecular weight excluding hydrogens is 502 g/mol. The van der Waals surface area contributed by atoms with Gasteiger partial charge < -0.3 is 9.72 Å². The summed E-state index contributed by atoms with van der Waals surface area (Å²) in [5.41, 5.74) is 4.29. The van der Waals surface area contributed by atoms with Crippen molar-refractivity contribution < 1.29 is 4.74 Å². The molecule has 1 saturated heterocycles. The van der Waals surface area contributed by atoms with Crippen molar-refractivity contribution in [1.29, 1.82) is 0 Å². The summed E-state index contributed by atoms with van der Waals surface area (Å²) in [7, 11) is 0. The number of rotatable bonds is 6. The summed E-state index contributed by atoms with van der Waals surface area (Å²) in [6, 6.07) is 16.7. The third kappa shape index (κ3) is 5.07. The van der Waals surface area contributed by atoms with Crippen LogP contribution < -0.4 is 0 Å². The molecule has 4 nitrogen and oxygen atoms in total. The van der Waals surface area contributed by atoms with Gasteiger partial charge in [0.2, 0.25) is 0 Å². The monoisotopic (exact) mass is 521 g/mol. The van der Waals surface area contributed by atoms with Crippen molar-refractivity contribution >= 4 is 43.6 Å². The van der Waals surface area contributed by atoms with E-state index in [-0.39, 0.29) is 0 Å². The molecule has 0 bridgehead atoms. The molecule has 0 saturated carbocycles. The van der Waals surface area contributed by atoms with E-state index in [2.05, 4.69) is 90.3 Å². The van der Waals surface area contributed by atoms with Crippen LogP contribution in [0.3, 0.4) is 0 Å². The number of H-pyrrole nitrogens is 1. The number of nitrogens with zero attached hydrogens (tertiary/aromatic N) is 2. The second-order valence-electron chi connectivity index (χ2n) is 6.58. The molecule has 1 aromatic heterocycles. The Balaban J connectivity index is 1.56. The molecule has 0 amide bonds. The van der Waals surface area contributed by atoms with Crippen LogP contribution in [0, 0.1) is 0 Å². The van der Waals surface area contributed by atoms with Gasteiger partial charge in [0.15, 0.2) is 5.16 Å². The highest BCUT2D eigenvalue weighted by molar-refractivity contribution is 9.10. The molecule has 2 heterocycles. The number of morpholine rings is 1. The van der Waals surface area contributed by atoms with Crippen molar-refractivity contribution in [3.63, 3.8) is 0 Å². The lowest BCUT2D eigenvalue weighted by Crippen LogP contribution is -2.37. The van der Waals surface area contributed by atoms with Crippen LogP contribution in [0.4, 0.5) is 0 Å². The minimum Gasteiger partial charge on any atom is -0.379 e. The molecule has 3 aromatic rings. The van der Waals surface area contributed by atoms with E-state index in [0.29, 0.717) is 0 Å². The first-order valence-electron chi connectivity index (χ1n) is 9.24. The average molecular weight is 523 g/mol. The van der Waals surface area contributed by atoms with Gasteiger partial charge >= 0.3 is 0 Å². The van der Waals surface area contributed by atoms with Gasteiger partial charge in [0.25, 0.3) is 0 Å². The first-order valence-corrected chi connectivity index (χ1v) is 11.8. The lowest BCUT2D eigenvalue weighted by molar-refractivity contribution is 0.0410. The lowest BCUT2D eigenvalue weighted by atomic mass is 10.1. The number of hydrogen-bond donors (Lipinski definition) is 1. The van der Waals surface area contributed by atoms with Gasteiger partial charge in [0.05, 0.1) is 24.6 Å². The Morgan fingerprint density at radius 3 is 2.18 bits per heavy atom. The number of imidazole rings is 1. The van der Waals surface area contributed by atoms with E-state index in [0.717, 1.165) is 75.2 Å². The standard InChI is InChI=1S/C21H21Br2N3OS/c22-17-5-1-15(2-6-17)19-20(16-3-7-18(23)8-4-16)25-21(24-19)28-14-11-26-9-12-27-13-10-26/h1-8H,9-14H2,(H,24,25). The third-order valence-corrected chi connectivity index (χ3v) is 6.59. The van der Waals surface area contributed by atoms with Crippen molar-refractivity contribution in [1.82, 2.24) is 14.9 Å². The normalized spacial score (nSPS) is 15.1. The third-order valence-electron chi connectivity index (χ3n) is 4.68. The Morgan fingerprint density at radius 2 is 1.54 bits per heavy atom. The summed E-state index contributed by atoms with van der Waals surface area (Å²) in [5.74, 6) is 1.01. The largest absolute Gasteiger partial charge is 0.379 e. The van der Waals surface area contributed by atoms with Gasteiger partial charge in [-0.05, 0) is 24.3 Å². The molecule has 1 aliphatic heterocycles. The van der Waals surface area contributed by atoms with Crippen molar-refractivity contribution in [2.75, 3.05) is 38.6 Å². The van der Waals surface area contributed by atoms with Crippen LogP contribution in [0.1, 0.15) is 0 Å². The fourth-order valence-corrected chi connectivity index (χ4v) is 4.56. The van der Waals surface area contributed by atoms with Gasteiger partial charge in [0.1, 0.15) is 0 Å². The summed E-state index contributed by atoms with van der Waals surface area (Å²) in [6.45, 7) is 4.77. The minimum absolute atomic E-state index is 0.840. The molecule has 2 aromatic carbocycles. The summed E-state index contributed by atoms with van der Waals surface area (Å²) in [6.07, 6.45) is 0. The van der Waals surface area contributed by atoms with Gasteiger partial charge in [-0.1, -0.05) is 67.9 Å². The van der Waals surface area contributed by atoms with Gasteiger partial charge in [0, 0.05) is 45.5 Å². The minimum atomic E-state index is 0.840. The maximum absolute atomic E-state index is 5.42. The summed E-state index contributed by atoms with van der Waals surface area (Å²) < 4.78 is 7.56. The Labute approximate surface area is 186 Å². The van der Waals surface area contributed by atoms with Crippen LogP contribution in [0.25, 0.3) is 22.5 Å². The molecule has 1 aliphatic rings. The predicted molar refractivity (Wildman–Crippen MR) is 123 cm³/mol. The molecule has 4 rings (SSSR count). The smallest absolute Gasteiger partial charge is 0.166 e. The van der Waals surface area contributed by atoms with Gasteiger partial charge in [-0.15, -0.1) is 0 Å². The van der Waals surface area contributed by atoms with Gasteiger partial charge in [-0.3, -0.25) is 4.90 Å². The van der Waals surface area contributed by atoms with E-state index >= 15 is 0 Å². The zero-order chi connectivity index (χ0) is 19.3. The number of ether oxygens (including phenoxy) is 1. The van der Waals surface area contributed by atoms with Crippen LogP contribution in [0.2, 0.25) is 0 Å². The van der Waals surface area contributed by atoms with Crippen LogP contribution in [0.5, 0.6) is 0 Å². The van der Waals surface area contributed by atoms with E-state index in [9.17, 15) is 0 Å². The van der Waals surface area contributed by atoms with Crippen molar-refractivity contribution in [2.24, 2.45) is 0 Å². The van der Waals surface area contributed by atoms with Crippen molar-refractivity contribution in [3.8, 4) is 22.5 Å². The molecule has 1 N–H and O–H groups in total. The molecule has 28 heavy (non-hydrogen) atoms. The predicted octanol–water partition coefficient (Wildman–Crippen LogP) is 5.69. The van der Waals surface area contributed by atoms with Gasteiger partial charge in [-0.25, -0.2) is 4.98 Å². The van der Waals surface area contributed by atoms with Crippen molar-refractivity contribution in [2.45, 2.75) is 5.16 Å². The van der Waals surface area contributed by atoms with E-state index in [4.69, 9.17) is 9.72 Å². The molecule has 1 fully saturated rings. The van der Waals surface area contributed by atoms with Crippen LogP contribution >= 0.6 is 43.6 Å². The highest BCUT2D eigenvalue weighted by Crippen LogP contribution is 2.33. The maximum atomic E-state index is 5.42. The maximum Gasteiger partial charge on any atom is 0.166 e. The zero-order valence-electron chi connectivity index (χ0n) is 15.3. The topological polar surface area (TPSA) is 41.2 Å². The van der Waals surface area contributed by atoms with Gasteiger partial charge in [-0.2, -0.15) is 0 Å².